The minimum atomic E-state index is -0.403. The largest absolute Gasteiger partial charge is 0.465 e. The van der Waals surface area contributed by atoms with Gasteiger partial charge >= 0.3 is 5.97 Å². The Bertz CT molecular complexity index is 504. The van der Waals surface area contributed by atoms with Crippen LogP contribution in [0.4, 0.5) is 5.69 Å². The quantitative estimate of drug-likeness (QED) is 0.589. The average Bonchev–Trinajstić information content (AvgIpc) is 2.67. The number of ether oxygens (including phenoxy) is 1. The minimum Gasteiger partial charge on any atom is -0.465 e. The predicted octanol–water partition coefficient (Wildman–Crippen LogP) is 2.74. The third kappa shape index (κ3) is 2.59. The van der Waals surface area contributed by atoms with Gasteiger partial charge in [-0.05, 0) is 34.1 Å². The van der Waals surface area contributed by atoms with Gasteiger partial charge in [0.15, 0.2) is 0 Å². The SMILES string of the molecule is COC(=O)c1ccc(N2CC(Br)CC2=O)cc1Br. The van der Waals surface area contributed by atoms with E-state index in [9.17, 15) is 9.59 Å². The fraction of sp³-hybridized carbons (Fsp3) is 0.333. The lowest BCUT2D eigenvalue weighted by molar-refractivity contribution is -0.117. The standard InChI is InChI=1S/C12H11Br2NO3/c1-18-12(17)9-3-2-8(5-10(9)14)15-6-7(13)4-11(15)16/h2-3,5,7H,4,6H2,1H3. The molecule has 0 aromatic heterocycles. The maximum atomic E-state index is 11.8. The second-order valence-corrected chi connectivity index (χ2v) is 6.11. The number of esters is 1. The summed E-state index contributed by atoms with van der Waals surface area (Å²) in [6.45, 7) is 0.642. The number of anilines is 1. The van der Waals surface area contributed by atoms with Crippen molar-refractivity contribution in [3.63, 3.8) is 0 Å². The zero-order chi connectivity index (χ0) is 13.3. The van der Waals surface area contributed by atoms with Crippen LogP contribution in [0.5, 0.6) is 0 Å². The molecule has 0 saturated carbocycles. The topological polar surface area (TPSA) is 46.6 Å². The Kier molecular flexibility index (Phi) is 4.07. The van der Waals surface area contributed by atoms with Crippen LogP contribution in [-0.2, 0) is 9.53 Å². The first kappa shape index (κ1) is 13.5. The number of hydrogen-bond donors (Lipinski definition) is 0. The molecule has 0 bridgehead atoms. The molecule has 4 nitrogen and oxygen atoms in total. The fourth-order valence-corrected chi connectivity index (χ4v) is 2.96. The van der Waals surface area contributed by atoms with Crippen LogP contribution < -0.4 is 4.90 Å². The van der Waals surface area contributed by atoms with E-state index in [1.165, 1.54) is 7.11 Å². The molecule has 96 valence electrons. The van der Waals surface area contributed by atoms with E-state index in [2.05, 4.69) is 36.6 Å². The van der Waals surface area contributed by atoms with Crippen LogP contribution in [0, 0.1) is 0 Å². The fourth-order valence-electron chi connectivity index (χ4n) is 1.86. The summed E-state index contributed by atoms with van der Waals surface area (Å²) in [6, 6.07) is 5.16. The number of methoxy groups -OCH3 is 1. The normalized spacial score (nSPS) is 19.2. The van der Waals surface area contributed by atoms with Gasteiger partial charge in [-0.15, -0.1) is 0 Å². The average molecular weight is 377 g/mol. The summed E-state index contributed by atoms with van der Waals surface area (Å²) in [5.41, 5.74) is 1.23. The molecule has 1 amide bonds. The highest BCUT2D eigenvalue weighted by Crippen LogP contribution is 2.29. The lowest BCUT2D eigenvalue weighted by atomic mass is 10.2. The highest BCUT2D eigenvalue weighted by molar-refractivity contribution is 9.10. The van der Waals surface area contributed by atoms with E-state index in [0.29, 0.717) is 23.0 Å². The molecule has 0 aliphatic carbocycles. The molecule has 1 aromatic rings. The molecule has 1 unspecified atom stereocenters. The lowest BCUT2D eigenvalue weighted by Crippen LogP contribution is -2.24. The maximum absolute atomic E-state index is 11.8. The van der Waals surface area contributed by atoms with E-state index in [1.54, 1.807) is 23.1 Å². The molecule has 0 N–H and O–H groups in total. The van der Waals surface area contributed by atoms with Crippen LogP contribution in [0.25, 0.3) is 0 Å². The number of nitrogens with zero attached hydrogens (tertiary/aromatic N) is 1. The summed E-state index contributed by atoms with van der Waals surface area (Å²) in [5, 5.41) is 0. The molecular weight excluding hydrogens is 366 g/mol. The first-order valence-corrected chi connectivity index (χ1v) is 7.06. The number of carbonyl (C=O) groups is 2. The van der Waals surface area contributed by atoms with Gasteiger partial charge in [-0.2, -0.15) is 0 Å². The predicted molar refractivity (Wildman–Crippen MR) is 75.2 cm³/mol. The lowest BCUT2D eigenvalue weighted by Gasteiger charge is -2.17. The van der Waals surface area contributed by atoms with E-state index < -0.39 is 5.97 Å². The van der Waals surface area contributed by atoms with E-state index in [1.807, 2.05) is 0 Å². The second-order valence-electron chi connectivity index (χ2n) is 3.96. The number of amides is 1. The Balaban J connectivity index is 2.29. The van der Waals surface area contributed by atoms with Gasteiger partial charge in [-0.25, -0.2) is 4.79 Å². The second kappa shape index (κ2) is 5.40. The Morgan fingerprint density at radius 3 is 2.72 bits per heavy atom. The van der Waals surface area contributed by atoms with Crippen molar-refractivity contribution in [3.8, 4) is 0 Å². The molecule has 1 fully saturated rings. The van der Waals surface area contributed by atoms with Crippen LogP contribution >= 0.6 is 31.9 Å². The summed E-state index contributed by atoms with van der Waals surface area (Å²) >= 11 is 6.76. The summed E-state index contributed by atoms with van der Waals surface area (Å²) in [4.78, 5) is 25.1. The number of benzene rings is 1. The van der Waals surface area contributed by atoms with Crippen molar-refractivity contribution in [1.29, 1.82) is 0 Å². The third-order valence-corrected chi connectivity index (χ3v) is 4.02. The molecule has 1 heterocycles. The van der Waals surface area contributed by atoms with Gasteiger partial charge in [0.1, 0.15) is 0 Å². The van der Waals surface area contributed by atoms with Crippen LogP contribution in [0.1, 0.15) is 16.8 Å². The van der Waals surface area contributed by atoms with Crippen LogP contribution in [-0.4, -0.2) is 30.4 Å². The first-order chi connectivity index (χ1) is 8.52. The first-order valence-electron chi connectivity index (χ1n) is 5.35. The minimum absolute atomic E-state index is 0.0783. The molecule has 18 heavy (non-hydrogen) atoms. The van der Waals surface area contributed by atoms with Crippen molar-refractivity contribution in [3.05, 3.63) is 28.2 Å². The maximum Gasteiger partial charge on any atom is 0.339 e. The van der Waals surface area contributed by atoms with E-state index in [0.717, 1.165) is 5.69 Å². The summed E-state index contributed by atoms with van der Waals surface area (Å²) < 4.78 is 5.29. The molecule has 1 aromatic carbocycles. The zero-order valence-electron chi connectivity index (χ0n) is 9.65. The Morgan fingerprint density at radius 2 is 2.22 bits per heavy atom. The molecule has 1 atom stereocenters. The van der Waals surface area contributed by atoms with Gasteiger partial charge in [0.05, 0.1) is 12.7 Å². The van der Waals surface area contributed by atoms with Crippen molar-refractivity contribution in [2.45, 2.75) is 11.2 Å². The Hall–Kier alpha value is -0.880. The number of hydrogen-bond acceptors (Lipinski definition) is 3. The molecule has 1 aliphatic heterocycles. The molecule has 0 spiro atoms. The highest BCUT2D eigenvalue weighted by atomic mass is 79.9. The van der Waals surface area contributed by atoms with Gasteiger partial charge < -0.3 is 9.64 Å². The van der Waals surface area contributed by atoms with Crippen LogP contribution in [0.15, 0.2) is 22.7 Å². The van der Waals surface area contributed by atoms with Crippen molar-refractivity contribution in [2.75, 3.05) is 18.6 Å². The van der Waals surface area contributed by atoms with Crippen molar-refractivity contribution in [2.24, 2.45) is 0 Å². The van der Waals surface area contributed by atoms with Gasteiger partial charge in [-0.1, -0.05) is 15.9 Å². The number of alkyl halides is 1. The molecule has 0 radical (unpaired) electrons. The molecule has 1 saturated heterocycles. The van der Waals surface area contributed by atoms with E-state index in [-0.39, 0.29) is 10.7 Å². The number of halogens is 2. The van der Waals surface area contributed by atoms with E-state index in [4.69, 9.17) is 0 Å². The Morgan fingerprint density at radius 1 is 1.50 bits per heavy atom. The zero-order valence-corrected chi connectivity index (χ0v) is 12.8. The number of carbonyl (C=O) groups excluding carboxylic acids is 2. The van der Waals surface area contributed by atoms with Gasteiger partial charge in [0, 0.05) is 28.0 Å². The summed E-state index contributed by atoms with van der Waals surface area (Å²) in [6.07, 6.45) is 0.496. The Labute approximate surface area is 122 Å². The van der Waals surface area contributed by atoms with Gasteiger partial charge in [0.2, 0.25) is 5.91 Å². The summed E-state index contributed by atoms with van der Waals surface area (Å²) in [7, 11) is 1.34. The van der Waals surface area contributed by atoms with E-state index >= 15 is 0 Å². The monoisotopic (exact) mass is 375 g/mol. The van der Waals surface area contributed by atoms with Crippen molar-refractivity contribution in [1.82, 2.24) is 0 Å². The highest BCUT2D eigenvalue weighted by Gasteiger charge is 2.29. The smallest absolute Gasteiger partial charge is 0.339 e. The molecule has 6 heteroatoms. The van der Waals surface area contributed by atoms with Gasteiger partial charge in [0.25, 0.3) is 0 Å². The van der Waals surface area contributed by atoms with Crippen LogP contribution in [0.3, 0.4) is 0 Å². The summed E-state index contributed by atoms with van der Waals surface area (Å²) in [5.74, 6) is -0.325. The van der Waals surface area contributed by atoms with Gasteiger partial charge in [-0.3, -0.25) is 4.79 Å². The van der Waals surface area contributed by atoms with Crippen LogP contribution in [0.2, 0.25) is 0 Å². The molecule has 2 rings (SSSR count). The third-order valence-electron chi connectivity index (χ3n) is 2.75. The van der Waals surface area contributed by atoms with Crippen molar-refractivity contribution >= 4 is 49.4 Å². The molecule has 1 aliphatic rings. The van der Waals surface area contributed by atoms with Crippen molar-refractivity contribution < 1.29 is 14.3 Å². The molecular formula is C12H11Br2NO3. The number of rotatable bonds is 2.